The summed E-state index contributed by atoms with van der Waals surface area (Å²) in [6.45, 7) is 5.54. The van der Waals surface area contributed by atoms with Gasteiger partial charge in [-0.3, -0.25) is 4.57 Å². The number of piperidine rings is 1. The Balaban J connectivity index is 1.41. The van der Waals surface area contributed by atoms with Gasteiger partial charge in [0.25, 0.3) is 0 Å². The zero-order chi connectivity index (χ0) is 18.6. The van der Waals surface area contributed by atoms with Crippen LogP contribution in [0.5, 0.6) is 0 Å². The van der Waals surface area contributed by atoms with Crippen molar-refractivity contribution < 1.29 is 4.39 Å². The van der Waals surface area contributed by atoms with Crippen molar-refractivity contribution in [3.8, 4) is 5.13 Å². The molecule has 0 aliphatic carbocycles. The highest BCUT2D eigenvalue weighted by atomic mass is 32.1. The van der Waals surface area contributed by atoms with Gasteiger partial charge in [-0.2, -0.15) is 0 Å². The first-order chi connectivity index (χ1) is 13.2. The summed E-state index contributed by atoms with van der Waals surface area (Å²) in [7, 11) is 0. The quantitative estimate of drug-likeness (QED) is 0.697. The van der Waals surface area contributed by atoms with E-state index < -0.39 is 0 Å². The van der Waals surface area contributed by atoms with Crippen molar-refractivity contribution >= 4 is 16.5 Å². The van der Waals surface area contributed by atoms with Gasteiger partial charge in [-0.05, 0) is 37.0 Å². The fourth-order valence-corrected chi connectivity index (χ4v) is 4.26. The number of rotatable bonds is 6. The van der Waals surface area contributed by atoms with E-state index in [1.54, 1.807) is 23.5 Å². The molecule has 1 aliphatic heterocycles. The van der Waals surface area contributed by atoms with Crippen LogP contribution >= 0.6 is 11.3 Å². The van der Waals surface area contributed by atoms with Crippen LogP contribution in [0.3, 0.4) is 0 Å². The molecule has 4 rings (SSSR count). The van der Waals surface area contributed by atoms with Crippen molar-refractivity contribution in [1.29, 1.82) is 0 Å². The second-order valence-corrected chi connectivity index (χ2v) is 8.04. The monoisotopic (exact) mass is 385 g/mol. The summed E-state index contributed by atoms with van der Waals surface area (Å²) in [4.78, 5) is 2.33. The van der Waals surface area contributed by atoms with E-state index in [1.807, 2.05) is 18.3 Å². The Kier molecular flexibility index (Phi) is 5.50. The SMILES string of the molecule is CC1CCN(c2nnc(-n3cccc3CNCc3ccccc3F)s2)CC1. The number of hydrogen-bond acceptors (Lipinski definition) is 5. The maximum absolute atomic E-state index is 13.7. The highest BCUT2D eigenvalue weighted by molar-refractivity contribution is 7.17. The molecule has 1 saturated heterocycles. The largest absolute Gasteiger partial charge is 0.347 e. The van der Waals surface area contributed by atoms with Crippen molar-refractivity contribution in [2.45, 2.75) is 32.9 Å². The Bertz CT molecular complexity index is 882. The maximum atomic E-state index is 13.7. The molecule has 0 amide bonds. The lowest BCUT2D eigenvalue weighted by Crippen LogP contribution is -2.32. The summed E-state index contributed by atoms with van der Waals surface area (Å²) in [5.74, 6) is 0.621. The molecule has 3 heterocycles. The first kappa shape index (κ1) is 18.1. The Morgan fingerprint density at radius 1 is 1.07 bits per heavy atom. The molecule has 1 fully saturated rings. The molecular formula is C20H24FN5S. The van der Waals surface area contributed by atoms with Gasteiger partial charge in [-0.25, -0.2) is 4.39 Å². The molecule has 2 aromatic heterocycles. The molecule has 5 nitrogen and oxygen atoms in total. The number of benzene rings is 1. The molecule has 142 valence electrons. The third kappa shape index (κ3) is 4.20. The average Bonchev–Trinajstić information content (AvgIpc) is 3.33. The van der Waals surface area contributed by atoms with Crippen LogP contribution in [0.25, 0.3) is 5.13 Å². The number of aromatic nitrogens is 3. The van der Waals surface area contributed by atoms with Crippen LogP contribution in [0, 0.1) is 11.7 Å². The van der Waals surface area contributed by atoms with E-state index in [9.17, 15) is 4.39 Å². The molecule has 1 aliphatic rings. The molecule has 0 spiro atoms. The molecule has 1 N–H and O–H groups in total. The zero-order valence-electron chi connectivity index (χ0n) is 15.4. The predicted octanol–water partition coefficient (Wildman–Crippen LogP) is 3.99. The highest BCUT2D eigenvalue weighted by Crippen LogP contribution is 2.28. The minimum atomic E-state index is -0.176. The van der Waals surface area contributed by atoms with Gasteiger partial charge in [0.15, 0.2) is 0 Å². The summed E-state index contributed by atoms with van der Waals surface area (Å²) in [6, 6.07) is 10.9. The molecule has 0 atom stereocenters. The third-order valence-electron chi connectivity index (χ3n) is 5.08. The van der Waals surface area contributed by atoms with Crippen molar-refractivity contribution in [2.24, 2.45) is 5.92 Å². The van der Waals surface area contributed by atoms with E-state index in [4.69, 9.17) is 0 Å². The fourth-order valence-electron chi connectivity index (χ4n) is 3.35. The van der Waals surface area contributed by atoms with Gasteiger partial charge in [0.05, 0.1) is 0 Å². The van der Waals surface area contributed by atoms with Gasteiger partial charge in [0, 0.05) is 43.6 Å². The van der Waals surface area contributed by atoms with Gasteiger partial charge in [0.2, 0.25) is 10.3 Å². The van der Waals surface area contributed by atoms with Crippen molar-refractivity contribution in [1.82, 2.24) is 20.1 Å². The lowest BCUT2D eigenvalue weighted by Gasteiger charge is -2.29. The smallest absolute Gasteiger partial charge is 0.218 e. The van der Waals surface area contributed by atoms with Crippen LogP contribution in [-0.2, 0) is 13.1 Å². The predicted molar refractivity (Wildman–Crippen MR) is 107 cm³/mol. The Hall–Kier alpha value is -2.25. The lowest BCUT2D eigenvalue weighted by atomic mass is 10.00. The Morgan fingerprint density at radius 3 is 2.67 bits per heavy atom. The maximum Gasteiger partial charge on any atom is 0.218 e. The second kappa shape index (κ2) is 8.19. The van der Waals surface area contributed by atoms with Crippen LogP contribution in [0.4, 0.5) is 9.52 Å². The van der Waals surface area contributed by atoms with Crippen LogP contribution < -0.4 is 10.2 Å². The van der Waals surface area contributed by atoms with Gasteiger partial charge >= 0.3 is 0 Å². The van der Waals surface area contributed by atoms with E-state index in [-0.39, 0.29) is 5.82 Å². The second-order valence-electron chi connectivity index (χ2n) is 7.10. The van der Waals surface area contributed by atoms with Crippen molar-refractivity contribution in [3.63, 3.8) is 0 Å². The molecule has 3 aromatic rings. The Morgan fingerprint density at radius 2 is 1.85 bits per heavy atom. The number of hydrogen-bond donors (Lipinski definition) is 1. The average molecular weight is 386 g/mol. The van der Waals surface area contributed by atoms with Crippen molar-refractivity contribution in [3.05, 3.63) is 59.7 Å². The van der Waals surface area contributed by atoms with Crippen LogP contribution in [-0.4, -0.2) is 27.9 Å². The molecule has 0 unspecified atom stereocenters. The Labute approximate surface area is 162 Å². The first-order valence-corrected chi connectivity index (χ1v) is 10.2. The standard InChI is InChI=1S/C20H24FN5S/c1-15-8-11-25(12-9-15)19-23-24-20(27-19)26-10-4-6-17(26)14-22-13-16-5-2-3-7-18(16)21/h2-7,10,15,22H,8-9,11-14H2,1H3. The van der Waals surface area contributed by atoms with Gasteiger partial charge in [-0.1, -0.05) is 36.5 Å². The molecular weight excluding hydrogens is 361 g/mol. The van der Waals surface area contributed by atoms with E-state index in [1.165, 1.54) is 18.9 Å². The normalized spacial score (nSPS) is 15.4. The van der Waals surface area contributed by atoms with Gasteiger partial charge in [-0.15, -0.1) is 10.2 Å². The molecule has 0 bridgehead atoms. The molecule has 1 aromatic carbocycles. The number of nitrogens with one attached hydrogen (secondary N) is 1. The van der Waals surface area contributed by atoms with Gasteiger partial charge in [0.1, 0.15) is 5.82 Å². The minimum Gasteiger partial charge on any atom is -0.347 e. The van der Waals surface area contributed by atoms with Gasteiger partial charge < -0.3 is 10.2 Å². The molecule has 0 saturated carbocycles. The van der Waals surface area contributed by atoms with Crippen LogP contribution in [0.15, 0.2) is 42.6 Å². The zero-order valence-corrected chi connectivity index (χ0v) is 16.3. The number of anilines is 1. The summed E-state index contributed by atoms with van der Waals surface area (Å²) in [5, 5.41) is 14.0. The van der Waals surface area contributed by atoms with E-state index in [0.29, 0.717) is 18.7 Å². The number of nitrogens with zero attached hydrogens (tertiary/aromatic N) is 4. The molecule has 0 radical (unpaired) electrons. The van der Waals surface area contributed by atoms with Crippen molar-refractivity contribution in [2.75, 3.05) is 18.0 Å². The van der Waals surface area contributed by atoms with Crippen LogP contribution in [0.2, 0.25) is 0 Å². The first-order valence-electron chi connectivity index (χ1n) is 9.40. The topological polar surface area (TPSA) is 46.0 Å². The molecule has 7 heteroatoms. The summed E-state index contributed by atoms with van der Waals surface area (Å²) in [5.41, 5.74) is 1.76. The van der Waals surface area contributed by atoms with E-state index >= 15 is 0 Å². The lowest BCUT2D eigenvalue weighted by molar-refractivity contribution is 0.437. The summed E-state index contributed by atoms with van der Waals surface area (Å²) in [6.07, 6.45) is 4.43. The fraction of sp³-hybridized carbons (Fsp3) is 0.400. The van der Waals surface area contributed by atoms with E-state index in [2.05, 4.69) is 38.0 Å². The highest BCUT2D eigenvalue weighted by Gasteiger charge is 2.20. The number of halogens is 1. The molecule has 27 heavy (non-hydrogen) atoms. The van der Waals surface area contributed by atoms with E-state index in [0.717, 1.165) is 35.0 Å². The van der Waals surface area contributed by atoms with Crippen LogP contribution in [0.1, 0.15) is 31.0 Å². The summed E-state index contributed by atoms with van der Waals surface area (Å²) >= 11 is 1.62. The minimum absolute atomic E-state index is 0.176. The third-order valence-corrected chi connectivity index (χ3v) is 6.06. The summed E-state index contributed by atoms with van der Waals surface area (Å²) < 4.78 is 15.8.